The van der Waals surface area contributed by atoms with Crippen molar-refractivity contribution in [3.63, 3.8) is 0 Å². The van der Waals surface area contributed by atoms with Gasteiger partial charge in [0.15, 0.2) is 0 Å². The molecule has 0 bridgehead atoms. The zero-order valence-electron chi connectivity index (χ0n) is 7.12. The van der Waals surface area contributed by atoms with Crippen LogP contribution in [0.3, 0.4) is 0 Å². The predicted molar refractivity (Wildman–Crippen MR) is 45.0 cm³/mol. The molecule has 0 rings (SSSR count). The molecule has 2 atom stereocenters. The molecule has 0 aromatic rings. The number of carbonyl (C=O) groups is 1. The van der Waals surface area contributed by atoms with Crippen LogP contribution in [-0.2, 0) is 20.3 Å². The third kappa shape index (κ3) is 4.27. The lowest BCUT2D eigenvalue weighted by atomic mass is 10.3. The topological polar surface area (TPSA) is 43.4 Å². The summed E-state index contributed by atoms with van der Waals surface area (Å²) in [4.78, 5) is 10.7. The van der Waals surface area contributed by atoms with Gasteiger partial charge in [-0.2, -0.15) is 0 Å². The molecular weight excluding hydrogens is 164 g/mol. The minimum absolute atomic E-state index is 0.0283. The highest BCUT2D eigenvalue weighted by atomic mass is 32.2. The Hall–Kier alpha value is -0.220. The highest BCUT2D eigenvalue weighted by molar-refractivity contribution is 7.86. The lowest BCUT2D eigenvalue weighted by molar-refractivity contribution is -0.116. The van der Waals surface area contributed by atoms with Crippen molar-refractivity contribution in [1.82, 2.24) is 0 Å². The summed E-state index contributed by atoms with van der Waals surface area (Å²) in [6.45, 7) is 3.58. The SMILES string of the molecule is COCCS(=O)C(C)C(C)=O. The number of Topliss-reactive ketones (excluding diaryl/α,β-unsaturated/α-hetero) is 1. The van der Waals surface area contributed by atoms with Crippen LogP contribution >= 0.6 is 0 Å². The molecule has 0 amide bonds. The van der Waals surface area contributed by atoms with Crippen LogP contribution < -0.4 is 0 Å². The van der Waals surface area contributed by atoms with Crippen molar-refractivity contribution in [3.8, 4) is 0 Å². The number of hydrogen-bond acceptors (Lipinski definition) is 3. The van der Waals surface area contributed by atoms with E-state index in [9.17, 15) is 9.00 Å². The first-order valence-corrected chi connectivity index (χ1v) is 4.84. The maximum absolute atomic E-state index is 11.2. The van der Waals surface area contributed by atoms with E-state index in [-0.39, 0.29) is 11.0 Å². The van der Waals surface area contributed by atoms with Gasteiger partial charge >= 0.3 is 0 Å². The van der Waals surface area contributed by atoms with E-state index in [0.717, 1.165) is 0 Å². The van der Waals surface area contributed by atoms with E-state index in [1.807, 2.05) is 0 Å². The van der Waals surface area contributed by atoms with Gasteiger partial charge in [-0.25, -0.2) is 0 Å². The Morgan fingerprint density at radius 2 is 2.18 bits per heavy atom. The molecule has 0 fully saturated rings. The molecule has 2 unspecified atom stereocenters. The van der Waals surface area contributed by atoms with Gasteiger partial charge in [-0.15, -0.1) is 0 Å². The van der Waals surface area contributed by atoms with Gasteiger partial charge in [-0.3, -0.25) is 9.00 Å². The van der Waals surface area contributed by atoms with Crippen molar-refractivity contribution in [1.29, 1.82) is 0 Å². The molecule has 0 aliphatic carbocycles. The number of rotatable bonds is 5. The van der Waals surface area contributed by atoms with E-state index < -0.39 is 10.8 Å². The van der Waals surface area contributed by atoms with Gasteiger partial charge in [0, 0.05) is 23.7 Å². The van der Waals surface area contributed by atoms with Gasteiger partial charge in [0.2, 0.25) is 0 Å². The van der Waals surface area contributed by atoms with Crippen LogP contribution in [0.1, 0.15) is 13.8 Å². The highest BCUT2D eigenvalue weighted by Crippen LogP contribution is 1.97. The Balaban J connectivity index is 3.74. The van der Waals surface area contributed by atoms with E-state index in [0.29, 0.717) is 12.4 Å². The fraction of sp³-hybridized carbons (Fsp3) is 0.857. The summed E-state index contributed by atoms with van der Waals surface area (Å²) in [5.41, 5.74) is 0. The Morgan fingerprint density at radius 1 is 1.64 bits per heavy atom. The minimum atomic E-state index is -1.07. The van der Waals surface area contributed by atoms with Crippen molar-refractivity contribution in [3.05, 3.63) is 0 Å². The van der Waals surface area contributed by atoms with Crippen LogP contribution in [0.2, 0.25) is 0 Å². The largest absolute Gasteiger partial charge is 0.384 e. The third-order valence-electron chi connectivity index (χ3n) is 1.46. The normalized spacial score (nSPS) is 15.9. The highest BCUT2D eigenvalue weighted by Gasteiger charge is 2.14. The van der Waals surface area contributed by atoms with Crippen LogP contribution in [0.5, 0.6) is 0 Å². The summed E-state index contributed by atoms with van der Waals surface area (Å²) in [6.07, 6.45) is 0. The standard InChI is InChI=1S/C7H14O3S/c1-6(8)7(2)11(9)5-4-10-3/h7H,4-5H2,1-3H3. The van der Waals surface area contributed by atoms with E-state index >= 15 is 0 Å². The zero-order chi connectivity index (χ0) is 8.85. The van der Waals surface area contributed by atoms with Crippen LogP contribution in [0.15, 0.2) is 0 Å². The van der Waals surface area contributed by atoms with Crippen LogP contribution in [0.25, 0.3) is 0 Å². The fourth-order valence-corrected chi connectivity index (χ4v) is 1.58. The molecule has 3 nitrogen and oxygen atoms in total. The predicted octanol–water partition coefficient (Wildman–Crippen LogP) is 0.359. The Morgan fingerprint density at radius 3 is 2.55 bits per heavy atom. The van der Waals surface area contributed by atoms with Crippen molar-refractivity contribution < 1.29 is 13.7 Å². The lowest BCUT2D eigenvalue weighted by Gasteiger charge is -2.05. The molecule has 0 aliphatic heterocycles. The molecule has 0 saturated carbocycles. The number of methoxy groups -OCH3 is 1. The molecule has 0 aromatic heterocycles. The molecule has 0 aliphatic rings. The second kappa shape index (κ2) is 5.43. The number of ether oxygens (including phenoxy) is 1. The number of hydrogen-bond donors (Lipinski definition) is 0. The molecular formula is C7H14O3S. The molecule has 4 heteroatoms. The first kappa shape index (κ1) is 10.8. The van der Waals surface area contributed by atoms with Crippen LogP contribution in [-0.4, -0.2) is 34.7 Å². The van der Waals surface area contributed by atoms with E-state index in [2.05, 4.69) is 0 Å². The van der Waals surface area contributed by atoms with Crippen molar-refractivity contribution in [2.75, 3.05) is 19.5 Å². The number of carbonyl (C=O) groups excluding carboxylic acids is 1. The second-order valence-corrected chi connectivity index (χ2v) is 4.21. The summed E-state index contributed by atoms with van der Waals surface area (Å²) in [5.74, 6) is 0.413. The minimum Gasteiger partial charge on any atom is -0.384 e. The molecule has 66 valence electrons. The lowest BCUT2D eigenvalue weighted by Crippen LogP contribution is -2.23. The van der Waals surface area contributed by atoms with E-state index in [1.165, 1.54) is 6.92 Å². The molecule has 0 spiro atoms. The molecule has 0 saturated heterocycles. The monoisotopic (exact) mass is 178 g/mol. The van der Waals surface area contributed by atoms with E-state index in [4.69, 9.17) is 4.74 Å². The van der Waals surface area contributed by atoms with E-state index in [1.54, 1.807) is 14.0 Å². The van der Waals surface area contributed by atoms with Gasteiger partial charge in [0.1, 0.15) is 5.78 Å². The maximum Gasteiger partial charge on any atom is 0.145 e. The Labute approximate surface area is 69.6 Å². The summed E-state index contributed by atoms with van der Waals surface area (Å²) in [7, 11) is 0.482. The Bertz CT molecular complexity index is 156. The van der Waals surface area contributed by atoms with Gasteiger partial charge in [0.25, 0.3) is 0 Å². The van der Waals surface area contributed by atoms with Gasteiger partial charge in [-0.1, -0.05) is 0 Å². The fourth-order valence-electron chi connectivity index (χ4n) is 0.527. The quantitative estimate of drug-likeness (QED) is 0.610. The molecule has 0 aromatic carbocycles. The second-order valence-electron chi connectivity index (χ2n) is 2.33. The molecule has 0 radical (unpaired) electrons. The molecule has 11 heavy (non-hydrogen) atoms. The third-order valence-corrected chi connectivity index (χ3v) is 3.15. The maximum atomic E-state index is 11.2. The number of ketones is 1. The zero-order valence-corrected chi connectivity index (χ0v) is 7.94. The summed E-state index contributed by atoms with van der Waals surface area (Å²) < 4.78 is 15.9. The van der Waals surface area contributed by atoms with Crippen LogP contribution in [0, 0.1) is 0 Å². The average molecular weight is 178 g/mol. The first-order chi connectivity index (χ1) is 5.09. The van der Waals surface area contributed by atoms with Crippen molar-refractivity contribution in [2.45, 2.75) is 19.1 Å². The summed E-state index contributed by atoms with van der Waals surface area (Å²) >= 11 is 0. The van der Waals surface area contributed by atoms with Gasteiger partial charge in [-0.05, 0) is 13.8 Å². The average Bonchev–Trinajstić information content (AvgIpc) is 1.98. The van der Waals surface area contributed by atoms with Gasteiger partial charge < -0.3 is 4.74 Å². The van der Waals surface area contributed by atoms with Crippen molar-refractivity contribution in [2.24, 2.45) is 0 Å². The molecule has 0 N–H and O–H groups in total. The summed E-state index contributed by atoms with van der Waals surface area (Å²) in [5, 5.41) is -0.356. The summed E-state index contributed by atoms with van der Waals surface area (Å²) in [6, 6.07) is 0. The van der Waals surface area contributed by atoms with Crippen LogP contribution in [0.4, 0.5) is 0 Å². The van der Waals surface area contributed by atoms with Crippen molar-refractivity contribution >= 4 is 16.6 Å². The van der Waals surface area contributed by atoms with Gasteiger partial charge in [0.05, 0.1) is 11.9 Å². The molecule has 0 heterocycles. The Kier molecular flexibility index (Phi) is 5.32. The first-order valence-electron chi connectivity index (χ1n) is 3.46. The smallest absolute Gasteiger partial charge is 0.145 e.